The highest BCUT2D eigenvalue weighted by Crippen LogP contribution is 2.35. The first-order valence-electron chi connectivity index (χ1n) is 6.10. The average Bonchev–Trinajstić information content (AvgIpc) is 2.82. The van der Waals surface area contributed by atoms with E-state index in [2.05, 4.69) is 30.9 Å². The summed E-state index contributed by atoms with van der Waals surface area (Å²) in [6.07, 6.45) is 0. The second-order valence-electron chi connectivity index (χ2n) is 4.21. The molecule has 2 rings (SSSR count). The molecule has 0 aromatic heterocycles. The Bertz CT molecular complexity index is 382. The highest BCUT2D eigenvalue weighted by Gasteiger charge is 2.18. The summed E-state index contributed by atoms with van der Waals surface area (Å²) in [6.45, 7) is 7.25. The maximum atomic E-state index is 5.62. The van der Waals surface area contributed by atoms with Crippen LogP contribution in [0.5, 0.6) is 11.5 Å². The maximum absolute atomic E-state index is 5.62. The van der Waals surface area contributed by atoms with Gasteiger partial charge in [0, 0.05) is 19.1 Å². The van der Waals surface area contributed by atoms with Crippen molar-refractivity contribution in [1.82, 2.24) is 4.90 Å². The van der Waals surface area contributed by atoms with E-state index in [1.165, 1.54) is 5.56 Å². The Balaban J connectivity index is 2.15. The summed E-state index contributed by atoms with van der Waals surface area (Å²) < 4.78 is 10.7. The molecule has 4 heteroatoms. The number of fused-ring (bicyclic) bond motifs is 1. The van der Waals surface area contributed by atoms with Gasteiger partial charge in [-0.25, -0.2) is 0 Å². The van der Waals surface area contributed by atoms with Crippen LogP contribution in [0.25, 0.3) is 0 Å². The van der Waals surface area contributed by atoms with Crippen molar-refractivity contribution in [3.8, 4) is 11.5 Å². The highest BCUT2D eigenvalue weighted by atomic mass is 16.7. The fourth-order valence-electron chi connectivity index (χ4n) is 2.18. The summed E-state index contributed by atoms with van der Waals surface area (Å²) in [5.74, 6) is 1.68. The van der Waals surface area contributed by atoms with E-state index in [1.54, 1.807) is 0 Å². The number of nitrogens with zero attached hydrogens (tertiary/aromatic N) is 1. The summed E-state index contributed by atoms with van der Waals surface area (Å²) in [5, 5.41) is 0. The van der Waals surface area contributed by atoms with E-state index < -0.39 is 0 Å². The SMILES string of the molecule is CCN(CCN)C(C)c1ccc2c(c1)OCO2. The summed E-state index contributed by atoms with van der Waals surface area (Å²) in [4.78, 5) is 2.34. The molecule has 2 N–H and O–H groups in total. The molecule has 0 fully saturated rings. The highest BCUT2D eigenvalue weighted by molar-refractivity contribution is 5.45. The van der Waals surface area contributed by atoms with Crippen LogP contribution in [0.4, 0.5) is 0 Å². The zero-order chi connectivity index (χ0) is 12.3. The van der Waals surface area contributed by atoms with Crippen LogP contribution in [0.15, 0.2) is 18.2 Å². The van der Waals surface area contributed by atoms with Gasteiger partial charge in [-0.1, -0.05) is 13.0 Å². The van der Waals surface area contributed by atoms with Gasteiger partial charge in [-0.15, -0.1) is 0 Å². The van der Waals surface area contributed by atoms with Crippen LogP contribution >= 0.6 is 0 Å². The van der Waals surface area contributed by atoms with Crippen LogP contribution in [0.3, 0.4) is 0 Å². The van der Waals surface area contributed by atoms with Crippen LogP contribution in [0, 0.1) is 0 Å². The first-order valence-corrected chi connectivity index (χ1v) is 6.10. The van der Waals surface area contributed by atoms with Gasteiger partial charge >= 0.3 is 0 Å². The number of hydrogen-bond acceptors (Lipinski definition) is 4. The molecule has 1 heterocycles. The minimum atomic E-state index is 0.327. The quantitative estimate of drug-likeness (QED) is 0.846. The molecule has 4 nitrogen and oxygen atoms in total. The monoisotopic (exact) mass is 236 g/mol. The summed E-state index contributed by atoms with van der Waals surface area (Å²) in [6, 6.07) is 6.48. The molecule has 0 amide bonds. The first-order chi connectivity index (χ1) is 8.26. The minimum Gasteiger partial charge on any atom is -0.454 e. The first kappa shape index (κ1) is 12.2. The average molecular weight is 236 g/mol. The standard InChI is InChI=1S/C13H20N2O2/c1-3-15(7-6-14)10(2)11-4-5-12-13(8-11)17-9-16-12/h4-5,8,10H,3,6-7,9,14H2,1-2H3. The largest absolute Gasteiger partial charge is 0.454 e. The third-order valence-electron chi connectivity index (χ3n) is 3.25. The van der Waals surface area contributed by atoms with Crippen molar-refractivity contribution < 1.29 is 9.47 Å². The molecule has 1 atom stereocenters. The van der Waals surface area contributed by atoms with Gasteiger partial charge in [0.1, 0.15) is 0 Å². The van der Waals surface area contributed by atoms with E-state index in [1.807, 2.05) is 6.07 Å². The molecule has 0 saturated heterocycles. The van der Waals surface area contributed by atoms with E-state index in [9.17, 15) is 0 Å². The van der Waals surface area contributed by atoms with Crippen molar-refractivity contribution in [2.75, 3.05) is 26.4 Å². The molecular formula is C13H20N2O2. The molecule has 1 aliphatic heterocycles. The summed E-state index contributed by atoms with van der Waals surface area (Å²) in [7, 11) is 0. The van der Waals surface area contributed by atoms with Crippen LogP contribution < -0.4 is 15.2 Å². The second-order valence-corrected chi connectivity index (χ2v) is 4.21. The van der Waals surface area contributed by atoms with Gasteiger partial charge in [-0.2, -0.15) is 0 Å². The number of likely N-dealkylation sites (N-methyl/N-ethyl adjacent to an activating group) is 1. The molecule has 0 radical (unpaired) electrons. The van der Waals surface area contributed by atoms with E-state index in [0.29, 0.717) is 19.4 Å². The van der Waals surface area contributed by atoms with Gasteiger partial charge in [-0.3, -0.25) is 4.90 Å². The number of rotatable bonds is 5. The normalized spacial score (nSPS) is 15.3. The molecule has 1 unspecified atom stereocenters. The topological polar surface area (TPSA) is 47.7 Å². The van der Waals surface area contributed by atoms with Crippen molar-refractivity contribution >= 4 is 0 Å². The van der Waals surface area contributed by atoms with Crippen LogP contribution in [-0.4, -0.2) is 31.3 Å². The van der Waals surface area contributed by atoms with E-state index in [4.69, 9.17) is 15.2 Å². The Morgan fingerprint density at radius 1 is 1.35 bits per heavy atom. The van der Waals surface area contributed by atoms with Crippen molar-refractivity contribution in [2.24, 2.45) is 5.73 Å². The zero-order valence-electron chi connectivity index (χ0n) is 10.5. The van der Waals surface area contributed by atoms with E-state index in [-0.39, 0.29) is 0 Å². The second kappa shape index (κ2) is 5.38. The fraction of sp³-hybridized carbons (Fsp3) is 0.538. The lowest BCUT2D eigenvalue weighted by Gasteiger charge is -2.27. The smallest absolute Gasteiger partial charge is 0.231 e. The minimum absolute atomic E-state index is 0.327. The maximum Gasteiger partial charge on any atom is 0.231 e. The zero-order valence-corrected chi connectivity index (χ0v) is 10.5. The number of ether oxygens (including phenoxy) is 2. The lowest BCUT2D eigenvalue weighted by atomic mass is 10.1. The van der Waals surface area contributed by atoms with Crippen LogP contribution in [0.1, 0.15) is 25.5 Å². The van der Waals surface area contributed by atoms with Gasteiger partial charge in [0.15, 0.2) is 11.5 Å². The molecule has 0 saturated carbocycles. The van der Waals surface area contributed by atoms with Crippen molar-refractivity contribution in [1.29, 1.82) is 0 Å². The Hall–Kier alpha value is -1.26. The van der Waals surface area contributed by atoms with Gasteiger partial charge in [0.2, 0.25) is 6.79 Å². The van der Waals surface area contributed by atoms with Crippen LogP contribution in [-0.2, 0) is 0 Å². The van der Waals surface area contributed by atoms with Gasteiger partial charge in [0.25, 0.3) is 0 Å². The van der Waals surface area contributed by atoms with Gasteiger partial charge in [-0.05, 0) is 31.2 Å². The Labute approximate surface area is 102 Å². The molecule has 17 heavy (non-hydrogen) atoms. The fourth-order valence-corrected chi connectivity index (χ4v) is 2.18. The number of hydrogen-bond donors (Lipinski definition) is 1. The third kappa shape index (κ3) is 2.53. The molecule has 0 spiro atoms. The van der Waals surface area contributed by atoms with Crippen molar-refractivity contribution in [3.05, 3.63) is 23.8 Å². The van der Waals surface area contributed by atoms with Crippen molar-refractivity contribution in [3.63, 3.8) is 0 Å². The molecule has 94 valence electrons. The third-order valence-corrected chi connectivity index (χ3v) is 3.25. The Morgan fingerprint density at radius 2 is 2.12 bits per heavy atom. The van der Waals surface area contributed by atoms with Crippen LogP contribution in [0.2, 0.25) is 0 Å². The van der Waals surface area contributed by atoms with Gasteiger partial charge < -0.3 is 15.2 Å². The summed E-state index contributed by atoms with van der Waals surface area (Å²) in [5.41, 5.74) is 6.87. The lowest BCUT2D eigenvalue weighted by molar-refractivity contribution is 0.173. The predicted octanol–water partition coefficient (Wildman–Crippen LogP) is 1.76. The van der Waals surface area contributed by atoms with Crippen molar-refractivity contribution in [2.45, 2.75) is 19.9 Å². The number of benzene rings is 1. The van der Waals surface area contributed by atoms with Gasteiger partial charge in [0.05, 0.1) is 0 Å². The molecule has 0 aliphatic carbocycles. The molecule has 1 aromatic rings. The van der Waals surface area contributed by atoms with E-state index >= 15 is 0 Å². The molecule has 1 aromatic carbocycles. The Morgan fingerprint density at radius 3 is 2.82 bits per heavy atom. The molecule has 1 aliphatic rings. The Kier molecular flexibility index (Phi) is 3.86. The lowest BCUT2D eigenvalue weighted by Crippen LogP contribution is -2.31. The predicted molar refractivity (Wildman–Crippen MR) is 67.3 cm³/mol. The van der Waals surface area contributed by atoms with E-state index in [0.717, 1.165) is 24.6 Å². The summed E-state index contributed by atoms with van der Waals surface area (Å²) >= 11 is 0. The number of nitrogens with two attached hydrogens (primary N) is 1. The molecular weight excluding hydrogens is 216 g/mol. The molecule has 0 bridgehead atoms.